The van der Waals surface area contributed by atoms with Gasteiger partial charge in [0.15, 0.2) is 6.29 Å². The Morgan fingerprint density at radius 1 is 1.26 bits per heavy atom. The highest BCUT2D eigenvalue weighted by Gasteiger charge is 2.48. The number of aliphatic hydroxyl groups is 2. The van der Waals surface area contributed by atoms with E-state index in [2.05, 4.69) is 0 Å². The van der Waals surface area contributed by atoms with Crippen LogP contribution < -0.4 is 0 Å². The Labute approximate surface area is 112 Å². The molecule has 0 aliphatic carbocycles. The van der Waals surface area contributed by atoms with Crippen molar-refractivity contribution in [3.8, 4) is 0 Å². The summed E-state index contributed by atoms with van der Waals surface area (Å²) in [5, 5.41) is 20.1. The van der Waals surface area contributed by atoms with Crippen LogP contribution in [0.3, 0.4) is 0 Å². The third kappa shape index (κ3) is 3.32. The Morgan fingerprint density at radius 2 is 2.00 bits per heavy atom. The Kier molecular flexibility index (Phi) is 4.92. The first-order valence-corrected chi connectivity index (χ1v) is 6.81. The van der Waals surface area contributed by atoms with E-state index in [4.69, 9.17) is 14.2 Å². The Bertz CT molecular complexity index is 318. The first-order chi connectivity index (χ1) is 9.02. The number of carbonyl (C=O) groups is 1. The smallest absolute Gasteiger partial charge is 0.158 e. The summed E-state index contributed by atoms with van der Waals surface area (Å²) in [4.78, 5) is 11.1. The number of ether oxygens (including phenoxy) is 3. The van der Waals surface area contributed by atoms with E-state index in [1.165, 1.54) is 6.92 Å². The number of aliphatic hydroxyl groups excluding tert-OH is 2. The molecule has 2 aliphatic heterocycles. The van der Waals surface area contributed by atoms with Crippen molar-refractivity contribution in [1.82, 2.24) is 0 Å². The van der Waals surface area contributed by atoms with E-state index in [0.29, 0.717) is 6.61 Å². The third-order valence-electron chi connectivity index (χ3n) is 3.55. The van der Waals surface area contributed by atoms with E-state index in [1.807, 2.05) is 6.92 Å². The van der Waals surface area contributed by atoms with Crippen LogP contribution in [0, 0.1) is 0 Å². The number of ketones is 1. The van der Waals surface area contributed by atoms with Gasteiger partial charge < -0.3 is 24.4 Å². The maximum atomic E-state index is 11.1. The van der Waals surface area contributed by atoms with Crippen molar-refractivity contribution in [2.45, 2.75) is 69.9 Å². The SMILES string of the molecule is CCC[C@H]1OC[C@H]2O[C@@H](CC(C)=O)[C@H](O)[C@@H](O)[C@@H]2O1. The molecule has 110 valence electrons. The molecule has 2 fully saturated rings. The molecule has 0 spiro atoms. The van der Waals surface area contributed by atoms with Crippen LogP contribution in [0.25, 0.3) is 0 Å². The third-order valence-corrected chi connectivity index (χ3v) is 3.55. The van der Waals surface area contributed by atoms with Crippen molar-refractivity contribution in [3.63, 3.8) is 0 Å². The zero-order valence-electron chi connectivity index (χ0n) is 11.3. The molecule has 0 saturated carbocycles. The van der Waals surface area contributed by atoms with Gasteiger partial charge in [0, 0.05) is 6.42 Å². The largest absolute Gasteiger partial charge is 0.388 e. The maximum Gasteiger partial charge on any atom is 0.158 e. The summed E-state index contributed by atoms with van der Waals surface area (Å²) in [7, 11) is 0. The predicted octanol–water partition coefficient (Wildman–Crippen LogP) is -0.00370. The van der Waals surface area contributed by atoms with Crippen molar-refractivity contribution < 1.29 is 29.2 Å². The first kappa shape index (κ1) is 14.9. The number of carbonyl (C=O) groups excluding carboxylic acids is 1. The van der Waals surface area contributed by atoms with Gasteiger partial charge in [-0.15, -0.1) is 0 Å². The molecule has 0 aromatic heterocycles. The summed E-state index contributed by atoms with van der Waals surface area (Å²) in [5.41, 5.74) is 0. The number of hydrogen-bond acceptors (Lipinski definition) is 6. The standard InChI is InChI=1S/C13H22O6/c1-3-4-10-17-6-9-13(19-10)12(16)11(15)8(18-9)5-7(2)14/h8-13,15-16H,3-6H2,1-2H3/t8-,9+,10-,11-,12+,13+/m0/s1. The van der Waals surface area contributed by atoms with Crippen LogP contribution >= 0.6 is 0 Å². The molecule has 0 amide bonds. The molecule has 2 N–H and O–H groups in total. The Balaban J connectivity index is 2.00. The molecule has 6 nitrogen and oxygen atoms in total. The van der Waals surface area contributed by atoms with Crippen molar-refractivity contribution in [1.29, 1.82) is 0 Å². The highest BCUT2D eigenvalue weighted by Crippen LogP contribution is 2.30. The van der Waals surface area contributed by atoms with Crippen LogP contribution in [0.15, 0.2) is 0 Å². The molecule has 19 heavy (non-hydrogen) atoms. The predicted molar refractivity (Wildman–Crippen MR) is 65.5 cm³/mol. The topological polar surface area (TPSA) is 85.2 Å². The molecule has 2 aliphatic rings. The monoisotopic (exact) mass is 274 g/mol. The summed E-state index contributed by atoms with van der Waals surface area (Å²) in [6, 6.07) is 0. The minimum Gasteiger partial charge on any atom is -0.388 e. The van der Waals surface area contributed by atoms with E-state index in [1.54, 1.807) is 0 Å². The van der Waals surface area contributed by atoms with Crippen molar-refractivity contribution >= 4 is 5.78 Å². The van der Waals surface area contributed by atoms with E-state index in [0.717, 1.165) is 12.8 Å². The van der Waals surface area contributed by atoms with Gasteiger partial charge in [-0.2, -0.15) is 0 Å². The highest BCUT2D eigenvalue weighted by atomic mass is 16.7. The molecule has 0 radical (unpaired) electrons. The summed E-state index contributed by atoms with van der Waals surface area (Å²) in [6.45, 7) is 3.76. The van der Waals surface area contributed by atoms with Gasteiger partial charge in [0.05, 0.1) is 12.7 Å². The van der Waals surface area contributed by atoms with Gasteiger partial charge in [-0.1, -0.05) is 13.3 Å². The van der Waals surface area contributed by atoms with Crippen LogP contribution in [0.5, 0.6) is 0 Å². The van der Waals surface area contributed by atoms with E-state index in [9.17, 15) is 15.0 Å². The van der Waals surface area contributed by atoms with Crippen molar-refractivity contribution in [2.24, 2.45) is 0 Å². The lowest BCUT2D eigenvalue weighted by Crippen LogP contribution is -2.62. The minimum atomic E-state index is -1.11. The summed E-state index contributed by atoms with van der Waals surface area (Å²) in [6.07, 6.45) is -2.50. The van der Waals surface area contributed by atoms with Gasteiger partial charge in [-0.05, 0) is 13.3 Å². The van der Waals surface area contributed by atoms with Crippen LogP contribution in [0.1, 0.15) is 33.1 Å². The molecular weight excluding hydrogens is 252 g/mol. The van der Waals surface area contributed by atoms with E-state index < -0.39 is 30.5 Å². The lowest BCUT2D eigenvalue weighted by atomic mass is 9.92. The summed E-state index contributed by atoms with van der Waals surface area (Å²) in [5.74, 6) is -0.0868. The normalized spacial score (nSPS) is 42.7. The minimum absolute atomic E-state index is 0.0832. The molecular formula is C13H22O6. The molecule has 0 aromatic rings. The van der Waals surface area contributed by atoms with Crippen LogP contribution in [0.4, 0.5) is 0 Å². The lowest BCUT2D eigenvalue weighted by Gasteiger charge is -2.46. The fourth-order valence-corrected chi connectivity index (χ4v) is 2.57. The summed E-state index contributed by atoms with van der Waals surface area (Å²) < 4.78 is 16.8. The second-order valence-corrected chi connectivity index (χ2v) is 5.25. The molecule has 0 unspecified atom stereocenters. The molecule has 6 heteroatoms. The average Bonchev–Trinajstić information content (AvgIpc) is 2.36. The van der Waals surface area contributed by atoms with Gasteiger partial charge in [0.2, 0.25) is 0 Å². The number of hydrogen-bond donors (Lipinski definition) is 2. The fraction of sp³-hybridized carbons (Fsp3) is 0.923. The average molecular weight is 274 g/mol. The zero-order valence-corrected chi connectivity index (χ0v) is 11.3. The Hall–Kier alpha value is -0.530. The van der Waals surface area contributed by atoms with Crippen molar-refractivity contribution in [2.75, 3.05) is 6.61 Å². The maximum absolute atomic E-state index is 11.1. The number of rotatable bonds is 4. The number of Topliss-reactive ketones (excluding diaryl/α,β-unsaturated/α-hetero) is 1. The second kappa shape index (κ2) is 6.28. The molecule has 2 heterocycles. The second-order valence-electron chi connectivity index (χ2n) is 5.25. The van der Waals surface area contributed by atoms with Crippen LogP contribution in [-0.2, 0) is 19.0 Å². The molecule has 2 saturated heterocycles. The van der Waals surface area contributed by atoms with Gasteiger partial charge >= 0.3 is 0 Å². The number of fused-ring (bicyclic) bond motifs is 1. The molecule has 2 rings (SSSR count). The highest BCUT2D eigenvalue weighted by molar-refractivity contribution is 5.76. The van der Waals surface area contributed by atoms with E-state index >= 15 is 0 Å². The molecule has 0 bridgehead atoms. The van der Waals surface area contributed by atoms with Gasteiger partial charge in [-0.3, -0.25) is 4.79 Å². The zero-order chi connectivity index (χ0) is 14.0. The van der Waals surface area contributed by atoms with Gasteiger partial charge in [0.25, 0.3) is 0 Å². The van der Waals surface area contributed by atoms with Crippen LogP contribution in [-0.4, -0.2) is 59.4 Å². The molecule has 0 aromatic carbocycles. The van der Waals surface area contributed by atoms with Gasteiger partial charge in [0.1, 0.15) is 30.2 Å². The van der Waals surface area contributed by atoms with Crippen LogP contribution in [0.2, 0.25) is 0 Å². The van der Waals surface area contributed by atoms with E-state index in [-0.39, 0.29) is 18.5 Å². The Morgan fingerprint density at radius 3 is 2.63 bits per heavy atom. The first-order valence-electron chi connectivity index (χ1n) is 6.81. The lowest BCUT2D eigenvalue weighted by molar-refractivity contribution is -0.325. The quantitative estimate of drug-likeness (QED) is 0.750. The fourth-order valence-electron chi connectivity index (χ4n) is 2.57. The summed E-state index contributed by atoms with van der Waals surface area (Å²) >= 11 is 0. The molecule has 6 atom stereocenters. The van der Waals surface area contributed by atoms with Crippen molar-refractivity contribution in [3.05, 3.63) is 0 Å². The van der Waals surface area contributed by atoms with Gasteiger partial charge in [-0.25, -0.2) is 0 Å².